The summed E-state index contributed by atoms with van der Waals surface area (Å²) >= 11 is 0. The molecule has 1 fully saturated rings. The second-order valence-corrected chi connectivity index (χ2v) is 4.03. The van der Waals surface area contributed by atoms with Crippen LogP contribution in [0.2, 0.25) is 0 Å². The molecular weight excluding hydrogens is 177 g/mol. The number of rotatable bonds is 2. The third-order valence-corrected chi connectivity index (χ3v) is 2.72. The van der Waals surface area contributed by atoms with Crippen LogP contribution < -0.4 is 5.73 Å². The molecule has 0 bridgehead atoms. The average molecular weight is 191 g/mol. The fourth-order valence-electron chi connectivity index (χ4n) is 1.71. The molecule has 0 saturated heterocycles. The van der Waals surface area contributed by atoms with Crippen LogP contribution in [0.4, 0.5) is 4.39 Å². The Bertz CT molecular complexity index is 384. The van der Waals surface area contributed by atoms with Gasteiger partial charge in [0, 0.05) is 17.5 Å². The Morgan fingerprint density at radius 1 is 1.57 bits per heavy atom. The van der Waals surface area contributed by atoms with Crippen LogP contribution >= 0.6 is 0 Å². The maximum absolute atomic E-state index is 13.5. The summed E-state index contributed by atoms with van der Waals surface area (Å²) in [7, 11) is 0. The van der Waals surface area contributed by atoms with Crippen LogP contribution in [0, 0.1) is 5.82 Å². The van der Waals surface area contributed by atoms with Crippen LogP contribution in [0.15, 0.2) is 24.8 Å². The molecule has 2 heteroatoms. The van der Waals surface area contributed by atoms with Gasteiger partial charge in [0.25, 0.3) is 0 Å². The highest BCUT2D eigenvalue weighted by atomic mass is 19.1. The molecule has 2 unspecified atom stereocenters. The SMILES string of the molecule is C=C(C)c1ccc(C2CC2N)cc1F. The lowest BCUT2D eigenvalue weighted by molar-refractivity contribution is 0.621. The normalized spacial score (nSPS) is 24.8. The highest BCUT2D eigenvalue weighted by Crippen LogP contribution is 2.39. The second kappa shape index (κ2) is 3.21. The minimum absolute atomic E-state index is 0.186. The van der Waals surface area contributed by atoms with Crippen molar-refractivity contribution in [3.05, 3.63) is 41.7 Å². The monoisotopic (exact) mass is 191 g/mol. The Kier molecular flexibility index (Phi) is 2.16. The first kappa shape index (κ1) is 9.41. The summed E-state index contributed by atoms with van der Waals surface area (Å²) in [6, 6.07) is 5.55. The number of hydrogen-bond donors (Lipinski definition) is 1. The topological polar surface area (TPSA) is 26.0 Å². The Morgan fingerprint density at radius 3 is 2.64 bits per heavy atom. The average Bonchev–Trinajstić information content (AvgIpc) is 2.81. The molecule has 0 heterocycles. The summed E-state index contributed by atoms with van der Waals surface area (Å²) < 4.78 is 13.5. The predicted octanol–water partition coefficient (Wildman–Crippen LogP) is 2.67. The van der Waals surface area contributed by atoms with Crippen molar-refractivity contribution in [2.24, 2.45) is 5.73 Å². The summed E-state index contributed by atoms with van der Waals surface area (Å²) in [5.41, 5.74) is 8.08. The quantitative estimate of drug-likeness (QED) is 0.764. The van der Waals surface area contributed by atoms with Gasteiger partial charge in [-0.15, -0.1) is 0 Å². The number of nitrogens with two attached hydrogens (primary N) is 1. The van der Waals surface area contributed by atoms with Crippen molar-refractivity contribution in [3.63, 3.8) is 0 Å². The standard InChI is InChI=1S/C12H14FN/c1-7(2)9-4-3-8(5-11(9)13)10-6-12(10)14/h3-5,10,12H,1,6,14H2,2H3. The molecule has 2 rings (SSSR count). The lowest BCUT2D eigenvalue weighted by Gasteiger charge is -2.04. The maximum Gasteiger partial charge on any atom is 0.130 e. The number of halogens is 1. The molecule has 1 saturated carbocycles. The molecule has 0 spiro atoms. The van der Waals surface area contributed by atoms with E-state index in [1.54, 1.807) is 19.1 Å². The van der Waals surface area contributed by atoms with E-state index in [1.165, 1.54) is 0 Å². The molecule has 2 N–H and O–H groups in total. The molecule has 0 aromatic heterocycles. The van der Waals surface area contributed by atoms with E-state index < -0.39 is 0 Å². The molecule has 1 aromatic carbocycles. The van der Waals surface area contributed by atoms with Crippen LogP contribution in [0.1, 0.15) is 30.4 Å². The van der Waals surface area contributed by atoms with Gasteiger partial charge in [-0.25, -0.2) is 4.39 Å². The second-order valence-electron chi connectivity index (χ2n) is 4.03. The molecule has 14 heavy (non-hydrogen) atoms. The Morgan fingerprint density at radius 2 is 2.21 bits per heavy atom. The molecule has 0 radical (unpaired) electrons. The molecule has 2 atom stereocenters. The van der Waals surface area contributed by atoms with Gasteiger partial charge in [0.05, 0.1) is 0 Å². The first-order valence-corrected chi connectivity index (χ1v) is 4.80. The zero-order valence-electron chi connectivity index (χ0n) is 8.26. The van der Waals surface area contributed by atoms with Crippen molar-refractivity contribution in [1.29, 1.82) is 0 Å². The summed E-state index contributed by atoms with van der Waals surface area (Å²) in [6.45, 7) is 5.53. The van der Waals surface area contributed by atoms with E-state index in [0.29, 0.717) is 11.5 Å². The fourth-order valence-corrected chi connectivity index (χ4v) is 1.71. The molecule has 1 aromatic rings. The van der Waals surface area contributed by atoms with Crippen LogP contribution in [0.25, 0.3) is 5.57 Å². The first-order valence-electron chi connectivity index (χ1n) is 4.80. The van der Waals surface area contributed by atoms with Crippen LogP contribution in [-0.4, -0.2) is 6.04 Å². The maximum atomic E-state index is 13.5. The van der Waals surface area contributed by atoms with E-state index in [4.69, 9.17) is 5.73 Å². The van der Waals surface area contributed by atoms with Gasteiger partial charge in [-0.3, -0.25) is 0 Å². The smallest absolute Gasteiger partial charge is 0.130 e. The van der Waals surface area contributed by atoms with Crippen LogP contribution in [0.5, 0.6) is 0 Å². The van der Waals surface area contributed by atoms with Crippen molar-refractivity contribution in [2.75, 3.05) is 0 Å². The number of benzene rings is 1. The zero-order valence-corrected chi connectivity index (χ0v) is 8.26. The van der Waals surface area contributed by atoms with Crippen molar-refractivity contribution >= 4 is 5.57 Å². The van der Waals surface area contributed by atoms with Gasteiger partial charge in [-0.2, -0.15) is 0 Å². The molecule has 1 nitrogen and oxygen atoms in total. The Balaban J connectivity index is 2.31. The summed E-state index contributed by atoms with van der Waals surface area (Å²) in [5, 5.41) is 0. The molecule has 1 aliphatic rings. The lowest BCUT2D eigenvalue weighted by Crippen LogP contribution is -2.01. The number of allylic oxidation sites excluding steroid dienone is 1. The van der Waals surface area contributed by atoms with Gasteiger partial charge in [-0.05, 0) is 30.5 Å². The van der Waals surface area contributed by atoms with E-state index >= 15 is 0 Å². The third-order valence-electron chi connectivity index (χ3n) is 2.72. The molecular formula is C12H14FN. The Labute approximate surface area is 83.4 Å². The third kappa shape index (κ3) is 1.58. The van der Waals surface area contributed by atoms with Crippen LogP contribution in [-0.2, 0) is 0 Å². The van der Waals surface area contributed by atoms with Gasteiger partial charge in [0.1, 0.15) is 5.82 Å². The fraction of sp³-hybridized carbons (Fsp3) is 0.333. The summed E-state index contributed by atoms with van der Waals surface area (Å²) in [4.78, 5) is 0. The molecule has 1 aliphatic carbocycles. The number of hydrogen-bond acceptors (Lipinski definition) is 1. The van der Waals surface area contributed by atoms with Crippen molar-refractivity contribution in [1.82, 2.24) is 0 Å². The largest absolute Gasteiger partial charge is 0.327 e. The van der Waals surface area contributed by atoms with Crippen molar-refractivity contribution in [2.45, 2.75) is 25.3 Å². The lowest BCUT2D eigenvalue weighted by atomic mass is 10.0. The highest BCUT2D eigenvalue weighted by molar-refractivity contribution is 5.62. The van der Waals surface area contributed by atoms with E-state index in [2.05, 4.69) is 6.58 Å². The van der Waals surface area contributed by atoms with E-state index in [-0.39, 0.29) is 11.9 Å². The van der Waals surface area contributed by atoms with Gasteiger partial charge in [-0.1, -0.05) is 18.7 Å². The molecule has 0 amide bonds. The van der Waals surface area contributed by atoms with Crippen molar-refractivity contribution in [3.8, 4) is 0 Å². The zero-order chi connectivity index (χ0) is 10.3. The molecule has 74 valence electrons. The predicted molar refractivity (Wildman–Crippen MR) is 56.4 cm³/mol. The summed E-state index contributed by atoms with van der Waals surface area (Å²) in [6.07, 6.45) is 0.978. The minimum atomic E-state index is -0.186. The van der Waals surface area contributed by atoms with Gasteiger partial charge >= 0.3 is 0 Å². The van der Waals surface area contributed by atoms with E-state index in [9.17, 15) is 4.39 Å². The Hall–Kier alpha value is -1.15. The minimum Gasteiger partial charge on any atom is -0.327 e. The van der Waals surface area contributed by atoms with Gasteiger partial charge in [0.2, 0.25) is 0 Å². The van der Waals surface area contributed by atoms with Crippen LogP contribution in [0.3, 0.4) is 0 Å². The van der Waals surface area contributed by atoms with Gasteiger partial charge < -0.3 is 5.73 Å². The summed E-state index contributed by atoms with van der Waals surface area (Å²) in [5.74, 6) is 0.178. The van der Waals surface area contributed by atoms with E-state index in [0.717, 1.165) is 17.6 Å². The first-order chi connectivity index (χ1) is 6.59. The highest BCUT2D eigenvalue weighted by Gasteiger charge is 2.35. The molecule has 0 aliphatic heterocycles. The van der Waals surface area contributed by atoms with Crippen molar-refractivity contribution < 1.29 is 4.39 Å². The van der Waals surface area contributed by atoms with E-state index in [1.807, 2.05) is 6.07 Å². The van der Waals surface area contributed by atoms with Gasteiger partial charge in [0.15, 0.2) is 0 Å².